The van der Waals surface area contributed by atoms with Crippen LogP contribution in [0.5, 0.6) is 0 Å². The Morgan fingerprint density at radius 2 is 2.25 bits per heavy atom. The molecule has 0 amide bonds. The lowest BCUT2D eigenvalue weighted by Gasteiger charge is -2.20. The van der Waals surface area contributed by atoms with Crippen molar-refractivity contribution in [3.8, 4) is 0 Å². The van der Waals surface area contributed by atoms with Crippen LogP contribution in [-0.4, -0.2) is 9.70 Å². The average molecular weight is 313 g/mol. The zero-order valence-electron chi connectivity index (χ0n) is 7.10. The van der Waals surface area contributed by atoms with Gasteiger partial charge in [0.05, 0.1) is 10.7 Å². The molecule has 0 fully saturated rings. The van der Waals surface area contributed by atoms with Gasteiger partial charge in [-0.1, -0.05) is 29.8 Å². The second kappa shape index (κ2) is 4.20. The molecule has 1 rings (SSSR count). The molecule has 0 bridgehead atoms. The molecule has 0 aliphatic rings. The van der Waals surface area contributed by atoms with E-state index >= 15 is 0 Å². The monoisotopic (exact) mass is 311 g/mol. The minimum atomic E-state index is 0.315. The first-order chi connectivity index (χ1) is 5.55. The van der Waals surface area contributed by atoms with Gasteiger partial charge in [0.15, 0.2) is 0 Å². The summed E-state index contributed by atoms with van der Waals surface area (Å²) in [5.74, 6) is 0. The maximum absolute atomic E-state index is 4.12. The van der Waals surface area contributed by atoms with Gasteiger partial charge in [0, 0.05) is 10.2 Å². The van der Waals surface area contributed by atoms with Crippen molar-refractivity contribution >= 4 is 43.4 Å². The molecule has 4 heteroatoms. The fourth-order valence-corrected chi connectivity index (χ4v) is 2.52. The predicted octanol–water partition coefficient (Wildman–Crippen LogP) is 3.87. The van der Waals surface area contributed by atoms with E-state index in [1.807, 2.05) is 6.20 Å². The Morgan fingerprint density at radius 1 is 1.58 bits per heavy atom. The molecule has 0 spiro atoms. The molecule has 12 heavy (non-hydrogen) atoms. The second-order valence-electron chi connectivity index (χ2n) is 3.57. The topological polar surface area (TPSA) is 12.9 Å². The smallest absolute Gasteiger partial charge is 0.0552 e. The first-order valence-corrected chi connectivity index (χ1v) is 6.39. The third-order valence-corrected chi connectivity index (χ3v) is 4.86. The molecule has 0 radical (unpaired) electrons. The van der Waals surface area contributed by atoms with Crippen LogP contribution in [0.1, 0.15) is 18.7 Å². The minimum Gasteiger partial charge on any atom is -0.200 e. The van der Waals surface area contributed by atoms with E-state index < -0.39 is 0 Å². The highest BCUT2D eigenvalue weighted by Gasteiger charge is 2.19. The van der Waals surface area contributed by atoms with Gasteiger partial charge in [-0.25, -0.2) is 0 Å². The molecule has 0 unspecified atom stereocenters. The van der Waals surface area contributed by atoms with Crippen molar-refractivity contribution < 1.29 is 0 Å². The van der Waals surface area contributed by atoms with Crippen LogP contribution in [-0.2, 0) is 6.42 Å². The number of rotatable bonds is 3. The molecule has 0 atom stereocenters. The first kappa shape index (κ1) is 10.7. The van der Waals surface area contributed by atoms with Crippen LogP contribution in [0.25, 0.3) is 0 Å². The SMILES string of the molecule is CC(C)(CBr)Cc1sncc1Br. The second-order valence-corrected chi connectivity index (χ2v) is 5.87. The van der Waals surface area contributed by atoms with Gasteiger partial charge >= 0.3 is 0 Å². The van der Waals surface area contributed by atoms with Gasteiger partial charge in [0.1, 0.15) is 0 Å². The summed E-state index contributed by atoms with van der Waals surface area (Å²) in [5.41, 5.74) is 0.315. The molecule has 0 aliphatic heterocycles. The lowest BCUT2D eigenvalue weighted by atomic mass is 9.91. The van der Waals surface area contributed by atoms with E-state index in [1.165, 1.54) is 4.88 Å². The van der Waals surface area contributed by atoms with Crippen molar-refractivity contribution in [2.24, 2.45) is 5.41 Å². The van der Waals surface area contributed by atoms with Crippen molar-refractivity contribution in [1.29, 1.82) is 0 Å². The number of alkyl halides is 1. The van der Waals surface area contributed by atoms with Gasteiger partial charge in [-0.2, -0.15) is 4.37 Å². The van der Waals surface area contributed by atoms with Gasteiger partial charge in [0.2, 0.25) is 0 Å². The molecular weight excluding hydrogens is 302 g/mol. The summed E-state index contributed by atoms with van der Waals surface area (Å²) in [6.07, 6.45) is 2.94. The first-order valence-electron chi connectivity index (χ1n) is 3.70. The van der Waals surface area contributed by atoms with Crippen LogP contribution in [0.15, 0.2) is 10.7 Å². The van der Waals surface area contributed by atoms with E-state index in [2.05, 4.69) is 50.1 Å². The molecular formula is C8H11Br2NS. The predicted molar refractivity (Wildman–Crippen MR) is 61.1 cm³/mol. The largest absolute Gasteiger partial charge is 0.200 e. The fourth-order valence-electron chi connectivity index (χ4n) is 0.850. The quantitative estimate of drug-likeness (QED) is 0.772. The lowest BCUT2D eigenvalue weighted by Crippen LogP contribution is -2.15. The molecule has 1 aromatic rings. The van der Waals surface area contributed by atoms with Crippen LogP contribution in [0.2, 0.25) is 0 Å². The van der Waals surface area contributed by atoms with Crippen LogP contribution in [0, 0.1) is 5.41 Å². The fraction of sp³-hybridized carbons (Fsp3) is 0.625. The number of hydrogen-bond acceptors (Lipinski definition) is 2. The summed E-state index contributed by atoms with van der Waals surface area (Å²) in [6.45, 7) is 4.49. The summed E-state index contributed by atoms with van der Waals surface area (Å²) < 4.78 is 5.26. The Morgan fingerprint density at radius 3 is 2.67 bits per heavy atom. The zero-order chi connectivity index (χ0) is 9.19. The number of aromatic nitrogens is 1. The third-order valence-electron chi connectivity index (χ3n) is 1.60. The number of hydrogen-bond donors (Lipinski definition) is 0. The molecule has 0 N–H and O–H groups in total. The maximum atomic E-state index is 4.12. The van der Waals surface area contributed by atoms with E-state index in [9.17, 15) is 0 Å². The van der Waals surface area contributed by atoms with Crippen molar-refractivity contribution in [1.82, 2.24) is 4.37 Å². The summed E-state index contributed by atoms with van der Waals surface area (Å²) in [7, 11) is 0. The molecule has 0 saturated carbocycles. The standard InChI is InChI=1S/C8H11Br2NS/c1-8(2,5-9)3-7-6(10)4-11-12-7/h4H,3,5H2,1-2H3. The molecule has 1 aromatic heterocycles. The van der Waals surface area contributed by atoms with Crippen LogP contribution in [0.4, 0.5) is 0 Å². The van der Waals surface area contributed by atoms with E-state index in [4.69, 9.17) is 0 Å². The molecule has 1 nitrogen and oxygen atoms in total. The van der Waals surface area contributed by atoms with Gasteiger partial charge in [0.25, 0.3) is 0 Å². The Labute approximate surface area is 94.0 Å². The molecule has 0 aromatic carbocycles. The molecule has 68 valence electrons. The van der Waals surface area contributed by atoms with Crippen LogP contribution >= 0.6 is 43.4 Å². The van der Waals surface area contributed by atoms with Gasteiger partial charge < -0.3 is 0 Å². The van der Waals surface area contributed by atoms with Crippen molar-refractivity contribution in [2.45, 2.75) is 20.3 Å². The summed E-state index contributed by atoms with van der Waals surface area (Å²) in [6, 6.07) is 0. The van der Waals surface area contributed by atoms with Crippen molar-refractivity contribution in [3.63, 3.8) is 0 Å². The highest BCUT2D eigenvalue weighted by Crippen LogP contribution is 2.30. The van der Waals surface area contributed by atoms with E-state index in [0.717, 1.165) is 16.2 Å². The normalized spacial score (nSPS) is 12.0. The Bertz CT molecular complexity index is 257. The van der Waals surface area contributed by atoms with Gasteiger partial charge in [-0.3, -0.25) is 0 Å². The number of nitrogens with zero attached hydrogens (tertiary/aromatic N) is 1. The van der Waals surface area contributed by atoms with E-state index in [-0.39, 0.29) is 0 Å². The Balaban J connectivity index is 2.70. The highest BCUT2D eigenvalue weighted by molar-refractivity contribution is 9.10. The van der Waals surface area contributed by atoms with Gasteiger partial charge in [-0.05, 0) is 39.3 Å². The van der Waals surface area contributed by atoms with Crippen molar-refractivity contribution in [3.05, 3.63) is 15.5 Å². The minimum absolute atomic E-state index is 0.315. The average Bonchev–Trinajstić information content (AvgIpc) is 2.36. The summed E-state index contributed by atoms with van der Waals surface area (Å²) in [4.78, 5) is 1.33. The zero-order valence-corrected chi connectivity index (χ0v) is 11.1. The summed E-state index contributed by atoms with van der Waals surface area (Å²) in [5, 5.41) is 1.02. The van der Waals surface area contributed by atoms with E-state index in [1.54, 1.807) is 11.5 Å². The molecule has 0 saturated heterocycles. The number of halogens is 2. The van der Waals surface area contributed by atoms with Crippen LogP contribution < -0.4 is 0 Å². The third kappa shape index (κ3) is 2.82. The van der Waals surface area contributed by atoms with Gasteiger partial charge in [-0.15, -0.1) is 0 Å². The maximum Gasteiger partial charge on any atom is 0.0552 e. The summed E-state index contributed by atoms with van der Waals surface area (Å²) >= 11 is 8.56. The van der Waals surface area contributed by atoms with Crippen molar-refractivity contribution in [2.75, 3.05) is 5.33 Å². The molecule has 1 heterocycles. The molecule has 0 aliphatic carbocycles. The van der Waals surface area contributed by atoms with Crippen LogP contribution in [0.3, 0.4) is 0 Å². The Hall–Kier alpha value is 0.590. The lowest BCUT2D eigenvalue weighted by molar-refractivity contribution is 0.428. The highest BCUT2D eigenvalue weighted by atomic mass is 79.9. The Kier molecular flexibility index (Phi) is 3.74. The van der Waals surface area contributed by atoms with E-state index in [0.29, 0.717) is 5.41 Å².